The highest BCUT2D eigenvalue weighted by molar-refractivity contribution is 7.92. The number of hydrogen-bond donors (Lipinski definition) is 3. The van der Waals surface area contributed by atoms with E-state index >= 15 is 0 Å². The van der Waals surface area contributed by atoms with Crippen LogP contribution in [0.3, 0.4) is 0 Å². The predicted octanol–water partition coefficient (Wildman–Crippen LogP) is 5.44. The van der Waals surface area contributed by atoms with Crippen molar-refractivity contribution in [3.8, 4) is 11.5 Å². The molecule has 7 nitrogen and oxygen atoms in total. The number of sulfonamides is 1. The number of ether oxygens (including phenoxy) is 2. The Balaban J connectivity index is 1.80. The molecule has 0 amide bonds. The summed E-state index contributed by atoms with van der Waals surface area (Å²) in [5.74, 6) is 1.08. The number of benzene rings is 3. The van der Waals surface area contributed by atoms with Crippen molar-refractivity contribution < 1.29 is 17.9 Å². The first-order valence-corrected chi connectivity index (χ1v) is 12.1. The maximum absolute atomic E-state index is 12.9. The molecule has 0 spiro atoms. The zero-order chi connectivity index (χ0) is 24.0. The van der Waals surface area contributed by atoms with Crippen LogP contribution < -0.4 is 24.8 Å². The first kappa shape index (κ1) is 24.3. The van der Waals surface area contributed by atoms with Crippen LogP contribution in [0.2, 0.25) is 0 Å². The van der Waals surface area contributed by atoms with Gasteiger partial charge in [0.1, 0.15) is 11.5 Å². The standard InChI is InChI=1S/C24H27N3O4S2/c1-16(2)18-9-5-6-10-19(18)25-24(32)26-20-14-13-17(15-23(20)31-4)33(28,29)27-21-11-7-8-12-22(21)30-3/h5-16,27H,1-4H3,(H2,25,26,32). The van der Waals surface area contributed by atoms with Crippen LogP contribution >= 0.6 is 12.2 Å². The quantitative estimate of drug-likeness (QED) is 0.366. The van der Waals surface area contributed by atoms with E-state index in [2.05, 4.69) is 29.2 Å². The maximum Gasteiger partial charge on any atom is 0.262 e. The Hall–Kier alpha value is -3.30. The topological polar surface area (TPSA) is 88.7 Å². The van der Waals surface area contributed by atoms with Gasteiger partial charge < -0.3 is 20.1 Å². The van der Waals surface area contributed by atoms with Gasteiger partial charge in [-0.15, -0.1) is 0 Å². The largest absolute Gasteiger partial charge is 0.495 e. The molecule has 0 heterocycles. The number of hydrogen-bond acceptors (Lipinski definition) is 5. The second-order valence-electron chi connectivity index (χ2n) is 7.49. The van der Waals surface area contributed by atoms with Crippen molar-refractivity contribution in [3.05, 3.63) is 72.3 Å². The highest BCUT2D eigenvalue weighted by atomic mass is 32.2. The van der Waals surface area contributed by atoms with E-state index in [1.165, 1.54) is 26.4 Å². The number of rotatable bonds is 8. The van der Waals surface area contributed by atoms with Crippen LogP contribution in [0.15, 0.2) is 71.6 Å². The number of methoxy groups -OCH3 is 2. The van der Waals surface area contributed by atoms with E-state index in [1.54, 1.807) is 30.3 Å². The van der Waals surface area contributed by atoms with E-state index in [9.17, 15) is 8.42 Å². The summed E-state index contributed by atoms with van der Waals surface area (Å²) in [6, 6.07) is 19.2. The van der Waals surface area contributed by atoms with Gasteiger partial charge in [0.05, 0.1) is 30.5 Å². The molecule has 0 aliphatic rings. The van der Waals surface area contributed by atoms with Crippen LogP contribution in [0.5, 0.6) is 11.5 Å². The van der Waals surface area contributed by atoms with Crippen LogP contribution in [0, 0.1) is 0 Å². The van der Waals surface area contributed by atoms with Crippen molar-refractivity contribution >= 4 is 44.4 Å². The molecule has 33 heavy (non-hydrogen) atoms. The van der Waals surface area contributed by atoms with Crippen molar-refractivity contribution in [2.75, 3.05) is 29.6 Å². The summed E-state index contributed by atoms with van der Waals surface area (Å²) < 4.78 is 39.1. The fraction of sp³-hybridized carbons (Fsp3) is 0.208. The molecule has 9 heteroatoms. The van der Waals surface area contributed by atoms with Crippen LogP contribution in [-0.2, 0) is 10.0 Å². The summed E-state index contributed by atoms with van der Waals surface area (Å²) >= 11 is 5.47. The Morgan fingerprint density at radius 2 is 1.42 bits per heavy atom. The predicted molar refractivity (Wildman–Crippen MR) is 137 cm³/mol. The van der Waals surface area contributed by atoms with Gasteiger partial charge in [0.15, 0.2) is 5.11 Å². The van der Waals surface area contributed by atoms with E-state index in [0.29, 0.717) is 33.9 Å². The van der Waals surface area contributed by atoms with Gasteiger partial charge in [0.25, 0.3) is 10.0 Å². The number of nitrogens with one attached hydrogen (secondary N) is 3. The molecule has 0 saturated heterocycles. The minimum atomic E-state index is -3.87. The Labute approximate surface area is 200 Å². The molecule has 0 radical (unpaired) electrons. The molecule has 3 N–H and O–H groups in total. The van der Waals surface area contributed by atoms with E-state index in [-0.39, 0.29) is 4.90 Å². The molecule has 0 aromatic heterocycles. The molecule has 0 saturated carbocycles. The lowest BCUT2D eigenvalue weighted by Crippen LogP contribution is -2.21. The van der Waals surface area contributed by atoms with Crippen LogP contribution in [-0.4, -0.2) is 27.7 Å². The van der Waals surface area contributed by atoms with Crippen molar-refractivity contribution in [2.24, 2.45) is 0 Å². The summed E-state index contributed by atoms with van der Waals surface area (Å²) in [5, 5.41) is 6.65. The van der Waals surface area contributed by atoms with Gasteiger partial charge in [-0.3, -0.25) is 4.72 Å². The zero-order valence-electron chi connectivity index (χ0n) is 18.9. The third kappa shape index (κ3) is 5.94. The zero-order valence-corrected chi connectivity index (χ0v) is 20.5. The Kier molecular flexibility index (Phi) is 7.78. The van der Waals surface area contributed by atoms with E-state index in [1.807, 2.05) is 24.3 Å². The average molecular weight is 486 g/mol. The molecule has 0 atom stereocenters. The highest BCUT2D eigenvalue weighted by Gasteiger charge is 2.19. The van der Waals surface area contributed by atoms with E-state index in [0.717, 1.165) is 11.3 Å². The Bertz CT molecular complexity index is 1240. The molecule has 174 valence electrons. The molecule has 3 rings (SSSR count). The van der Waals surface area contributed by atoms with Crippen molar-refractivity contribution in [2.45, 2.75) is 24.7 Å². The third-order valence-electron chi connectivity index (χ3n) is 4.91. The van der Waals surface area contributed by atoms with Crippen LogP contribution in [0.1, 0.15) is 25.3 Å². The normalized spacial score (nSPS) is 11.1. The lowest BCUT2D eigenvalue weighted by molar-refractivity contribution is 0.415. The number of para-hydroxylation sites is 3. The molecule has 3 aromatic rings. The molecule has 0 aliphatic heterocycles. The first-order valence-electron chi connectivity index (χ1n) is 10.3. The third-order valence-corrected chi connectivity index (χ3v) is 6.48. The lowest BCUT2D eigenvalue weighted by Gasteiger charge is -2.18. The van der Waals surface area contributed by atoms with Gasteiger partial charge in [0.2, 0.25) is 0 Å². The van der Waals surface area contributed by atoms with E-state index < -0.39 is 10.0 Å². The summed E-state index contributed by atoms with van der Waals surface area (Å²) in [6.45, 7) is 4.22. The fourth-order valence-electron chi connectivity index (χ4n) is 3.26. The number of anilines is 3. The fourth-order valence-corrected chi connectivity index (χ4v) is 4.57. The SMILES string of the molecule is COc1cc(S(=O)(=O)Nc2ccccc2OC)ccc1NC(=S)Nc1ccccc1C(C)C. The smallest absolute Gasteiger partial charge is 0.262 e. The van der Waals surface area contributed by atoms with Gasteiger partial charge >= 0.3 is 0 Å². The van der Waals surface area contributed by atoms with Gasteiger partial charge in [-0.1, -0.05) is 44.2 Å². The molecule has 0 aliphatic carbocycles. The van der Waals surface area contributed by atoms with Crippen LogP contribution in [0.4, 0.5) is 17.1 Å². The molecule has 0 unspecified atom stereocenters. The Morgan fingerprint density at radius 3 is 2.09 bits per heavy atom. The second-order valence-corrected chi connectivity index (χ2v) is 9.58. The first-order chi connectivity index (χ1) is 15.7. The average Bonchev–Trinajstić information content (AvgIpc) is 2.79. The molecule has 0 fully saturated rings. The summed E-state index contributed by atoms with van der Waals surface area (Å²) in [6.07, 6.45) is 0. The summed E-state index contributed by atoms with van der Waals surface area (Å²) in [7, 11) is -0.927. The van der Waals surface area contributed by atoms with Gasteiger partial charge in [0, 0.05) is 11.8 Å². The second kappa shape index (κ2) is 10.5. The number of thiocarbonyl (C=S) groups is 1. The van der Waals surface area contributed by atoms with Gasteiger partial charge in [-0.25, -0.2) is 8.42 Å². The summed E-state index contributed by atoms with van der Waals surface area (Å²) in [4.78, 5) is 0.0415. The minimum absolute atomic E-state index is 0.0415. The Morgan fingerprint density at radius 1 is 0.818 bits per heavy atom. The lowest BCUT2D eigenvalue weighted by atomic mass is 10.0. The van der Waals surface area contributed by atoms with Crippen LogP contribution in [0.25, 0.3) is 0 Å². The molecule has 0 bridgehead atoms. The maximum atomic E-state index is 12.9. The van der Waals surface area contributed by atoms with Crippen molar-refractivity contribution in [1.29, 1.82) is 0 Å². The minimum Gasteiger partial charge on any atom is -0.495 e. The molecule has 3 aromatic carbocycles. The summed E-state index contributed by atoms with van der Waals surface area (Å²) in [5.41, 5.74) is 2.92. The van der Waals surface area contributed by atoms with Crippen molar-refractivity contribution in [1.82, 2.24) is 0 Å². The monoisotopic (exact) mass is 485 g/mol. The molecular weight excluding hydrogens is 458 g/mol. The van der Waals surface area contributed by atoms with E-state index in [4.69, 9.17) is 21.7 Å². The van der Waals surface area contributed by atoms with Gasteiger partial charge in [-0.05, 0) is 54.0 Å². The van der Waals surface area contributed by atoms with Gasteiger partial charge in [-0.2, -0.15) is 0 Å². The van der Waals surface area contributed by atoms with Crippen molar-refractivity contribution in [3.63, 3.8) is 0 Å². The molecular formula is C24H27N3O4S2. The highest BCUT2D eigenvalue weighted by Crippen LogP contribution is 2.31.